The number of rotatable bonds is 29. The van der Waals surface area contributed by atoms with E-state index in [0.717, 1.165) is 13.0 Å². The molecule has 0 radical (unpaired) electrons. The van der Waals surface area contributed by atoms with E-state index in [1.54, 1.807) is 6.08 Å². The second-order valence-electron chi connectivity index (χ2n) is 6.75. The van der Waals surface area contributed by atoms with Gasteiger partial charge >= 0.3 is 0 Å². The smallest absolute Gasteiger partial charge is 0.0704 e. The van der Waals surface area contributed by atoms with Gasteiger partial charge < -0.3 is 37.9 Å². The largest absolute Gasteiger partial charge is 0.379 e. The second kappa shape index (κ2) is 31.1. The van der Waals surface area contributed by atoms with Gasteiger partial charge in [0.15, 0.2) is 0 Å². The lowest BCUT2D eigenvalue weighted by Gasteiger charge is -2.08. The van der Waals surface area contributed by atoms with E-state index in [2.05, 4.69) is 29.2 Å². The van der Waals surface area contributed by atoms with E-state index in [1.165, 1.54) is 23.7 Å². The fourth-order valence-corrected chi connectivity index (χ4v) is 2.90. The molecule has 0 aromatic rings. The molecule has 192 valence electrons. The molecule has 0 aliphatic rings. The van der Waals surface area contributed by atoms with Crippen molar-refractivity contribution in [3.63, 3.8) is 0 Å². The van der Waals surface area contributed by atoms with Crippen LogP contribution in [0.15, 0.2) is 12.7 Å². The van der Waals surface area contributed by atoms with Gasteiger partial charge in [-0.3, -0.25) is 0 Å². The molecule has 0 aromatic heterocycles. The normalized spacial score (nSPS) is 11.3. The number of halogens is 1. The molecular weight excluding hydrogens is 531 g/mol. The molecule has 32 heavy (non-hydrogen) atoms. The maximum Gasteiger partial charge on any atom is 0.0704 e. The summed E-state index contributed by atoms with van der Waals surface area (Å²) >= 11 is 2.42. The predicted molar refractivity (Wildman–Crippen MR) is 134 cm³/mol. The minimum absolute atomic E-state index is 0.544. The van der Waals surface area contributed by atoms with Gasteiger partial charge in [-0.05, 0) is 17.3 Å². The van der Waals surface area contributed by atoms with Gasteiger partial charge in [0.1, 0.15) is 0 Å². The molecule has 9 heteroatoms. The van der Waals surface area contributed by atoms with Crippen molar-refractivity contribution in [3.05, 3.63) is 12.7 Å². The molecule has 0 N–H and O–H groups in total. The Morgan fingerprint density at radius 2 is 0.719 bits per heavy atom. The van der Waals surface area contributed by atoms with Crippen molar-refractivity contribution in [1.82, 2.24) is 0 Å². The third-order valence-electron chi connectivity index (χ3n) is 4.01. The summed E-state index contributed by atoms with van der Waals surface area (Å²) in [5.74, 6) is 0. The van der Waals surface area contributed by atoms with Crippen LogP contribution in [-0.4, -0.2) is 110 Å². The lowest BCUT2D eigenvalue weighted by Crippen LogP contribution is -2.15. The molecule has 0 rings (SSSR count). The Morgan fingerprint density at radius 1 is 0.406 bits per heavy atom. The lowest BCUT2D eigenvalue weighted by molar-refractivity contribution is -0.0226. The van der Waals surface area contributed by atoms with E-state index in [1.807, 2.05) is 0 Å². The average Bonchev–Trinajstić information content (AvgIpc) is 2.81. The van der Waals surface area contributed by atoms with Gasteiger partial charge in [0, 0.05) is 6.61 Å². The van der Waals surface area contributed by atoms with Gasteiger partial charge in [0.25, 0.3) is 0 Å². The van der Waals surface area contributed by atoms with Gasteiger partial charge in [0.05, 0.1) is 99.1 Å². The predicted octanol–water partition coefficient (Wildman–Crippen LogP) is 3.30. The number of unbranched alkanes of at least 4 members (excludes halogenated alkanes) is 3. The maximum atomic E-state index is 5.54. The topological polar surface area (TPSA) is 73.8 Å². The Hall–Kier alpha value is 0.150. The van der Waals surface area contributed by atoms with Crippen molar-refractivity contribution in [2.45, 2.75) is 25.7 Å². The Labute approximate surface area is 208 Å². The molecule has 0 amide bonds. The van der Waals surface area contributed by atoms with Crippen LogP contribution >= 0.6 is 22.6 Å². The summed E-state index contributed by atoms with van der Waals surface area (Å²) in [4.78, 5) is 0. The molecule has 0 atom stereocenters. The van der Waals surface area contributed by atoms with Crippen LogP contribution in [0.3, 0.4) is 0 Å². The molecule has 0 spiro atoms. The summed E-state index contributed by atoms with van der Waals surface area (Å²) < 4.78 is 44.6. The maximum absolute atomic E-state index is 5.54. The SMILES string of the molecule is C=CCOCCOCCOCCOCCOCCOCCOCCOCCCCCCI. The van der Waals surface area contributed by atoms with Gasteiger partial charge in [-0.15, -0.1) is 6.58 Å². The Balaban J connectivity index is 2.99. The first kappa shape index (κ1) is 32.1. The number of ether oxygens (including phenoxy) is 8. The monoisotopic (exact) mass is 576 g/mol. The van der Waals surface area contributed by atoms with Crippen LogP contribution in [0.2, 0.25) is 0 Å². The van der Waals surface area contributed by atoms with Crippen LogP contribution < -0.4 is 0 Å². The van der Waals surface area contributed by atoms with E-state index in [4.69, 9.17) is 37.9 Å². The van der Waals surface area contributed by atoms with Gasteiger partial charge in [0.2, 0.25) is 0 Å². The van der Waals surface area contributed by atoms with Crippen LogP contribution in [0, 0.1) is 0 Å². The van der Waals surface area contributed by atoms with Crippen LogP contribution in [0.5, 0.6) is 0 Å². The van der Waals surface area contributed by atoms with Crippen LogP contribution in [0.4, 0.5) is 0 Å². The fraction of sp³-hybridized carbons (Fsp3) is 0.913. The van der Waals surface area contributed by atoms with Crippen LogP contribution in [0.25, 0.3) is 0 Å². The molecule has 0 fully saturated rings. The first-order chi connectivity index (χ1) is 15.9. The molecule has 0 aliphatic heterocycles. The third-order valence-corrected chi connectivity index (χ3v) is 4.77. The number of alkyl halides is 1. The van der Waals surface area contributed by atoms with Crippen molar-refractivity contribution in [1.29, 1.82) is 0 Å². The fourth-order valence-electron chi connectivity index (χ4n) is 2.36. The molecule has 0 heterocycles. The van der Waals surface area contributed by atoms with Crippen molar-refractivity contribution in [3.8, 4) is 0 Å². The summed E-state index contributed by atoms with van der Waals surface area (Å²) in [7, 11) is 0. The first-order valence-electron chi connectivity index (χ1n) is 11.7. The van der Waals surface area contributed by atoms with Crippen LogP contribution in [-0.2, 0) is 37.9 Å². The molecule has 0 saturated carbocycles. The zero-order valence-corrected chi connectivity index (χ0v) is 21.9. The highest BCUT2D eigenvalue weighted by Crippen LogP contribution is 2.02. The van der Waals surface area contributed by atoms with E-state index < -0.39 is 0 Å². The Bertz CT molecular complexity index is 350. The van der Waals surface area contributed by atoms with Crippen molar-refractivity contribution >= 4 is 22.6 Å². The molecule has 0 unspecified atom stereocenters. The highest BCUT2D eigenvalue weighted by Gasteiger charge is 1.95. The highest BCUT2D eigenvalue weighted by molar-refractivity contribution is 14.1. The minimum Gasteiger partial charge on any atom is -0.379 e. The molecule has 8 nitrogen and oxygen atoms in total. The molecule has 0 aliphatic carbocycles. The molecule has 0 saturated heterocycles. The quantitative estimate of drug-likeness (QED) is 0.0582. The second-order valence-corrected chi connectivity index (χ2v) is 7.83. The lowest BCUT2D eigenvalue weighted by atomic mass is 10.2. The van der Waals surface area contributed by atoms with Crippen molar-refractivity contribution < 1.29 is 37.9 Å². The Kier molecular flexibility index (Phi) is 31.3. The third kappa shape index (κ3) is 30.1. The number of hydrogen-bond acceptors (Lipinski definition) is 8. The average molecular weight is 577 g/mol. The molecule has 0 bridgehead atoms. The van der Waals surface area contributed by atoms with E-state index in [0.29, 0.717) is 99.1 Å². The van der Waals surface area contributed by atoms with Crippen LogP contribution in [0.1, 0.15) is 25.7 Å². The van der Waals surface area contributed by atoms with Gasteiger partial charge in [-0.2, -0.15) is 0 Å². The van der Waals surface area contributed by atoms with Gasteiger partial charge in [-0.25, -0.2) is 0 Å². The summed E-state index contributed by atoms with van der Waals surface area (Å²) in [6, 6.07) is 0. The highest BCUT2D eigenvalue weighted by atomic mass is 127. The minimum atomic E-state index is 0.544. The van der Waals surface area contributed by atoms with E-state index >= 15 is 0 Å². The standard InChI is InChI=1S/C23H45IO8/c1-2-8-25-10-12-27-14-16-29-18-20-31-22-23-32-21-19-30-17-15-28-13-11-26-9-6-4-3-5-7-24/h2H,1,3-23H2. The van der Waals surface area contributed by atoms with Gasteiger partial charge in [-0.1, -0.05) is 41.5 Å². The zero-order chi connectivity index (χ0) is 23.2. The zero-order valence-electron chi connectivity index (χ0n) is 19.8. The first-order valence-corrected chi connectivity index (χ1v) is 13.2. The van der Waals surface area contributed by atoms with E-state index in [9.17, 15) is 0 Å². The number of hydrogen-bond donors (Lipinski definition) is 0. The van der Waals surface area contributed by atoms with E-state index in [-0.39, 0.29) is 0 Å². The summed E-state index contributed by atoms with van der Waals surface area (Å²) in [5, 5.41) is 0. The van der Waals surface area contributed by atoms with Crippen molar-refractivity contribution in [2.24, 2.45) is 0 Å². The summed E-state index contributed by atoms with van der Waals surface area (Å²) in [6.07, 6.45) is 6.72. The molecular formula is C23H45IO8. The van der Waals surface area contributed by atoms with Crippen molar-refractivity contribution in [2.75, 3.05) is 110 Å². The Morgan fingerprint density at radius 3 is 1.06 bits per heavy atom. The summed E-state index contributed by atoms with van der Waals surface area (Å²) in [6.45, 7) is 12.9. The molecule has 0 aromatic carbocycles. The summed E-state index contributed by atoms with van der Waals surface area (Å²) in [5.41, 5.74) is 0.